The highest BCUT2D eigenvalue weighted by molar-refractivity contribution is 6.07. The van der Waals surface area contributed by atoms with Gasteiger partial charge in [0.1, 0.15) is 28.5 Å². The van der Waals surface area contributed by atoms with Gasteiger partial charge in [0.15, 0.2) is 11.6 Å². The van der Waals surface area contributed by atoms with Crippen LogP contribution in [0.2, 0.25) is 0 Å². The van der Waals surface area contributed by atoms with Gasteiger partial charge in [0.25, 0.3) is 5.91 Å². The van der Waals surface area contributed by atoms with Crippen LogP contribution in [-0.4, -0.2) is 36.7 Å². The highest BCUT2D eigenvalue weighted by Crippen LogP contribution is 2.36. The Morgan fingerprint density at radius 2 is 1.43 bits per heavy atom. The molecule has 3 rings (SSSR count). The Hall–Kier alpha value is -4.56. The summed E-state index contributed by atoms with van der Waals surface area (Å²) in [6.45, 7) is 0. The number of rotatable bonds is 7. The number of benzene rings is 2. The summed E-state index contributed by atoms with van der Waals surface area (Å²) in [5.41, 5.74) is -1.40. The molecule has 37 heavy (non-hydrogen) atoms. The van der Waals surface area contributed by atoms with E-state index in [4.69, 9.17) is 4.74 Å². The summed E-state index contributed by atoms with van der Waals surface area (Å²) >= 11 is 0. The molecule has 15 heteroatoms. The van der Waals surface area contributed by atoms with E-state index in [1.165, 1.54) is 6.07 Å². The Kier molecular flexibility index (Phi) is 7.74. The van der Waals surface area contributed by atoms with E-state index in [1.807, 2.05) is 0 Å². The van der Waals surface area contributed by atoms with Crippen LogP contribution in [0.25, 0.3) is 0 Å². The minimum absolute atomic E-state index is 0.110. The summed E-state index contributed by atoms with van der Waals surface area (Å²) in [6, 6.07) is 7.23. The number of anilines is 1. The first-order chi connectivity index (χ1) is 17.3. The third-order valence-corrected chi connectivity index (χ3v) is 4.22. The van der Waals surface area contributed by atoms with E-state index < -0.39 is 53.2 Å². The SMILES string of the molecule is COC(=O)c1cc(NC(=O)c2c(Oc3ccc(OC(F)(F)F)cc3)ccc(OC(F)(F)F)c2F)ccn1. The standard InChI is InChI=1S/C22H13F7N2O6/c1-34-20(33)14-10-11(8-9-30-14)31-19(32)17-15(6-7-16(18(17)23)37-22(27,28)29)35-12-2-4-13(5-3-12)36-21(24,25)26/h2-10H,1H3,(H,30,31,32). The molecule has 1 aromatic heterocycles. The van der Waals surface area contributed by atoms with Crippen molar-refractivity contribution in [2.24, 2.45) is 0 Å². The fraction of sp³-hybridized carbons (Fsp3) is 0.136. The van der Waals surface area contributed by atoms with Gasteiger partial charge in [0.2, 0.25) is 0 Å². The van der Waals surface area contributed by atoms with E-state index in [-0.39, 0.29) is 17.1 Å². The first-order valence-electron chi connectivity index (χ1n) is 9.73. The number of alkyl halides is 6. The van der Waals surface area contributed by atoms with E-state index in [2.05, 4.69) is 24.5 Å². The van der Waals surface area contributed by atoms with E-state index in [0.717, 1.165) is 49.7 Å². The number of aromatic nitrogens is 1. The number of hydrogen-bond acceptors (Lipinski definition) is 7. The van der Waals surface area contributed by atoms with Gasteiger partial charge in [0.05, 0.1) is 7.11 Å². The lowest BCUT2D eigenvalue weighted by Gasteiger charge is -2.16. The molecule has 0 aliphatic heterocycles. The maximum absolute atomic E-state index is 15.0. The minimum atomic E-state index is -5.30. The summed E-state index contributed by atoms with van der Waals surface area (Å²) in [5, 5.41) is 2.18. The summed E-state index contributed by atoms with van der Waals surface area (Å²) in [6.07, 6.45) is -9.17. The van der Waals surface area contributed by atoms with Gasteiger partial charge in [-0.1, -0.05) is 0 Å². The zero-order valence-corrected chi connectivity index (χ0v) is 18.2. The number of nitrogens with one attached hydrogen (secondary N) is 1. The Labute approximate surface area is 202 Å². The third kappa shape index (κ3) is 7.46. The Morgan fingerprint density at radius 1 is 0.838 bits per heavy atom. The van der Waals surface area contributed by atoms with Crippen molar-refractivity contribution >= 4 is 17.6 Å². The molecule has 0 aliphatic rings. The molecule has 1 N–H and O–H groups in total. The predicted molar refractivity (Wildman–Crippen MR) is 110 cm³/mol. The molecule has 0 spiro atoms. The summed E-state index contributed by atoms with van der Waals surface area (Å²) in [4.78, 5) is 28.2. The van der Waals surface area contributed by atoms with Crippen LogP contribution in [0.1, 0.15) is 20.8 Å². The van der Waals surface area contributed by atoms with Crippen LogP contribution in [-0.2, 0) is 4.74 Å². The number of halogens is 7. The van der Waals surface area contributed by atoms with Crippen LogP contribution >= 0.6 is 0 Å². The van der Waals surface area contributed by atoms with Crippen molar-refractivity contribution in [3.05, 3.63) is 71.8 Å². The van der Waals surface area contributed by atoms with Crippen molar-refractivity contribution in [1.82, 2.24) is 4.98 Å². The van der Waals surface area contributed by atoms with Crippen molar-refractivity contribution in [3.8, 4) is 23.0 Å². The molecule has 3 aromatic rings. The van der Waals surface area contributed by atoms with Gasteiger partial charge < -0.3 is 24.3 Å². The maximum atomic E-state index is 15.0. The molecule has 1 amide bonds. The smallest absolute Gasteiger partial charge is 0.464 e. The zero-order valence-electron chi connectivity index (χ0n) is 18.2. The fourth-order valence-electron chi connectivity index (χ4n) is 2.79. The minimum Gasteiger partial charge on any atom is -0.464 e. The average molecular weight is 534 g/mol. The van der Waals surface area contributed by atoms with Crippen molar-refractivity contribution in [2.45, 2.75) is 12.7 Å². The van der Waals surface area contributed by atoms with Crippen molar-refractivity contribution in [3.63, 3.8) is 0 Å². The average Bonchev–Trinajstić information content (AvgIpc) is 2.80. The molecule has 0 aliphatic carbocycles. The van der Waals surface area contributed by atoms with Crippen molar-refractivity contribution < 1.29 is 59.3 Å². The van der Waals surface area contributed by atoms with E-state index in [9.17, 15) is 35.9 Å². The first kappa shape index (κ1) is 27.0. The predicted octanol–water partition coefficient (Wildman–Crippen LogP) is 5.85. The van der Waals surface area contributed by atoms with Crippen molar-refractivity contribution in [1.29, 1.82) is 0 Å². The molecule has 0 radical (unpaired) electrons. The van der Waals surface area contributed by atoms with Gasteiger partial charge in [0, 0.05) is 11.9 Å². The molecule has 0 bridgehead atoms. The monoisotopic (exact) mass is 534 g/mol. The maximum Gasteiger partial charge on any atom is 0.573 e. The van der Waals surface area contributed by atoms with Gasteiger partial charge in [-0.15, -0.1) is 26.3 Å². The topological polar surface area (TPSA) is 96.0 Å². The van der Waals surface area contributed by atoms with Gasteiger partial charge >= 0.3 is 18.7 Å². The van der Waals surface area contributed by atoms with Gasteiger partial charge in [-0.25, -0.2) is 14.2 Å². The molecule has 196 valence electrons. The Balaban J connectivity index is 1.96. The lowest BCUT2D eigenvalue weighted by atomic mass is 10.1. The number of amides is 1. The first-order valence-corrected chi connectivity index (χ1v) is 9.73. The van der Waals surface area contributed by atoms with Gasteiger partial charge in [-0.3, -0.25) is 4.79 Å². The number of hydrogen-bond donors (Lipinski definition) is 1. The van der Waals surface area contributed by atoms with E-state index in [0.29, 0.717) is 6.07 Å². The zero-order chi connectivity index (χ0) is 27.4. The molecular weight excluding hydrogens is 521 g/mol. The second-order valence-corrected chi connectivity index (χ2v) is 6.80. The second-order valence-electron chi connectivity index (χ2n) is 6.80. The largest absolute Gasteiger partial charge is 0.573 e. The van der Waals surface area contributed by atoms with Crippen molar-refractivity contribution in [2.75, 3.05) is 12.4 Å². The lowest BCUT2D eigenvalue weighted by molar-refractivity contribution is -0.276. The normalized spacial score (nSPS) is 11.5. The molecule has 2 aromatic carbocycles. The number of nitrogens with zero attached hydrogens (tertiary/aromatic N) is 1. The quantitative estimate of drug-likeness (QED) is 0.300. The molecule has 0 saturated carbocycles. The van der Waals surface area contributed by atoms with E-state index in [1.54, 1.807) is 0 Å². The number of methoxy groups -OCH3 is 1. The van der Waals surface area contributed by atoms with Crippen LogP contribution in [0.5, 0.6) is 23.0 Å². The van der Waals surface area contributed by atoms with Gasteiger partial charge in [-0.2, -0.15) is 0 Å². The fourth-order valence-corrected chi connectivity index (χ4v) is 2.79. The highest BCUT2D eigenvalue weighted by Gasteiger charge is 2.34. The van der Waals surface area contributed by atoms with Crippen LogP contribution in [0.15, 0.2) is 54.7 Å². The van der Waals surface area contributed by atoms with E-state index >= 15 is 4.39 Å². The molecule has 8 nitrogen and oxygen atoms in total. The molecule has 0 unspecified atom stereocenters. The highest BCUT2D eigenvalue weighted by atomic mass is 19.4. The Morgan fingerprint density at radius 3 is 2.03 bits per heavy atom. The van der Waals surface area contributed by atoms with Crippen LogP contribution in [0.3, 0.4) is 0 Å². The molecule has 0 saturated heterocycles. The third-order valence-electron chi connectivity index (χ3n) is 4.22. The number of ether oxygens (including phenoxy) is 4. The lowest BCUT2D eigenvalue weighted by Crippen LogP contribution is -2.20. The molecule has 0 fully saturated rings. The summed E-state index contributed by atoms with van der Waals surface area (Å²) < 4.78 is 107. The molecule has 1 heterocycles. The number of carbonyl (C=O) groups excluding carboxylic acids is 2. The molecular formula is C22H13F7N2O6. The summed E-state index contributed by atoms with van der Waals surface area (Å²) in [5.74, 6) is -6.75. The van der Waals surface area contributed by atoms with Crippen LogP contribution in [0, 0.1) is 5.82 Å². The molecule has 0 atom stereocenters. The van der Waals surface area contributed by atoms with Crippen LogP contribution in [0.4, 0.5) is 36.4 Å². The number of pyridine rings is 1. The van der Waals surface area contributed by atoms with Gasteiger partial charge in [-0.05, 0) is 48.5 Å². The van der Waals surface area contributed by atoms with Crippen LogP contribution < -0.4 is 19.5 Å². The number of carbonyl (C=O) groups is 2. The second kappa shape index (κ2) is 10.6. The summed E-state index contributed by atoms with van der Waals surface area (Å²) in [7, 11) is 1.07. The number of esters is 1. The Bertz CT molecular complexity index is 1290.